The number of aromatic nitrogens is 1. The Morgan fingerprint density at radius 1 is 1.38 bits per heavy atom. The van der Waals surface area contributed by atoms with Gasteiger partial charge in [-0.25, -0.2) is 0 Å². The molecule has 1 aromatic heterocycles. The molecule has 0 radical (unpaired) electrons. The van der Waals surface area contributed by atoms with Crippen LogP contribution in [0.2, 0.25) is 0 Å². The maximum atomic E-state index is 11.3. The second kappa shape index (κ2) is 4.83. The van der Waals surface area contributed by atoms with Crippen molar-refractivity contribution in [2.45, 2.75) is 45.7 Å². The lowest BCUT2D eigenvalue weighted by atomic mass is 10.1. The molecule has 1 saturated heterocycles. The highest BCUT2D eigenvalue weighted by molar-refractivity contribution is 5.12. The number of hydrogen-bond donors (Lipinski definition) is 1. The van der Waals surface area contributed by atoms with Gasteiger partial charge in [0, 0.05) is 36.1 Å². The summed E-state index contributed by atoms with van der Waals surface area (Å²) in [5.41, 5.74) is 2.26. The molecule has 3 nitrogen and oxygen atoms in total. The molecule has 1 fully saturated rings. The van der Waals surface area contributed by atoms with Gasteiger partial charge in [0.25, 0.3) is 0 Å². The average molecular weight is 220 g/mol. The molecule has 88 valence electrons. The third kappa shape index (κ3) is 2.53. The Kier molecular flexibility index (Phi) is 3.44. The summed E-state index contributed by atoms with van der Waals surface area (Å²) in [5, 5.41) is 3.50. The zero-order valence-corrected chi connectivity index (χ0v) is 10.1. The lowest BCUT2D eigenvalue weighted by molar-refractivity contribution is 0.494. The van der Waals surface area contributed by atoms with Crippen LogP contribution in [0.25, 0.3) is 0 Å². The quantitative estimate of drug-likeness (QED) is 0.839. The van der Waals surface area contributed by atoms with Crippen LogP contribution in [0.5, 0.6) is 0 Å². The molecule has 0 aliphatic carbocycles. The van der Waals surface area contributed by atoms with Crippen molar-refractivity contribution in [2.75, 3.05) is 6.54 Å². The molecule has 1 N–H and O–H groups in total. The molecule has 0 amide bonds. The number of pyridine rings is 1. The van der Waals surface area contributed by atoms with E-state index in [0.29, 0.717) is 6.04 Å². The Hall–Kier alpha value is -1.09. The summed E-state index contributed by atoms with van der Waals surface area (Å²) in [4.78, 5) is 11.3. The van der Waals surface area contributed by atoms with Crippen molar-refractivity contribution in [3.63, 3.8) is 0 Å². The molecule has 0 aromatic carbocycles. The van der Waals surface area contributed by atoms with Crippen molar-refractivity contribution in [2.24, 2.45) is 0 Å². The fourth-order valence-corrected chi connectivity index (χ4v) is 2.53. The minimum absolute atomic E-state index is 0.116. The SMILES string of the molecule is Cc1cc(=O)cc(C)n1CCC1CCCN1. The monoisotopic (exact) mass is 220 g/mol. The number of rotatable bonds is 3. The molecule has 3 heteroatoms. The van der Waals surface area contributed by atoms with E-state index in [1.165, 1.54) is 12.8 Å². The first-order valence-electron chi connectivity index (χ1n) is 6.08. The molecule has 1 aromatic rings. The van der Waals surface area contributed by atoms with E-state index in [-0.39, 0.29) is 5.43 Å². The maximum absolute atomic E-state index is 11.3. The van der Waals surface area contributed by atoms with Gasteiger partial charge in [-0.05, 0) is 39.7 Å². The van der Waals surface area contributed by atoms with E-state index in [1.54, 1.807) is 12.1 Å². The molecular formula is C13H20N2O. The van der Waals surface area contributed by atoms with E-state index in [0.717, 1.165) is 30.9 Å². The summed E-state index contributed by atoms with van der Waals surface area (Å²) < 4.78 is 2.24. The van der Waals surface area contributed by atoms with Crippen molar-refractivity contribution >= 4 is 0 Å². The summed E-state index contributed by atoms with van der Waals surface area (Å²) in [7, 11) is 0. The molecule has 0 spiro atoms. The van der Waals surface area contributed by atoms with Crippen LogP contribution in [0.15, 0.2) is 16.9 Å². The highest BCUT2D eigenvalue weighted by Gasteiger charge is 2.14. The third-order valence-corrected chi connectivity index (χ3v) is 3.42. The molecular weight excluding hydrogens is 200 g/mol. The Morgan fingerprint density at radius 3 is 2.62 bits per heavy atom. The maximum Gasteiger partial charge on any atom is 0.182 e. The van der Waals surface area contributed by atoms with Gasteiger partial charge in [0.2, 0.25) is 0 Å². The normalized spacial score (nSPS) is 20.2. The number of aryl methyl sites for hydroxylation is 2. The standard InChI is InChI=1S/C13H20N2O/c1-10-8-13(16)9-11(2)15(10)7-5-12-4-3-6-14-12/h8-9,12,14H,3-7H2,1-2H3. The Bertz CT molecular complexity index is 390. The van der Waals surface area contributed by atoms with Crippen LogP contribution >= 0.6 is 0 Å². The van der Waals surface area contributed by atoms with Gasteiger partial charge < -0.3 is 9.88 Å². The van der Waals surface area contributed by atoms with Crippen LogP contribution in [0, 0.1) is 13.8 Å². The summed E-state index contributed by atoms with van der Waals surface area (Å²) in [5.74, 6) is 0. The second-order valence-electron chi connectivity index (χ2n) is 4.71. The second-order valence-corrected chi connectivity index (χ2v) is 4.71. The van der Waals surface area contributed by atoms with Crippen LogP contribution in [-0.2, 0) is 6.54 Å². The largest absolute Gasteiger partial charge is 0.349 e. The summed E-state index contributed by atoms with van der Waals surface area (Å²) in [6.45, 7) is 6.19. The fraction of sp³-hybridized carbons (Fsp3) is 0.615. The topological polar surface area (TPSA) is 34.0 Å². The van der Waals surface area contributed by atoms with Gasteiger partial charge in [-0.15, -0.1) is 0 Å². The van der Waals surface area contributed by atoms with Crippen molar-refractivity contribution < 1.29 is 0 Å². The third-order valence-electron chi connectivity index (χ3n) is 3.42. The molecule has 1 unspecified atom stereocenters. The number of nitrogens with zero attached hydrogens (tertiary/aromatic N) is 1. The van der Waals surface area contributed by atoms with E-state index in [2.05, 4.69) is 9.88 Å². The van der Waals surface area contributed by atoms with Crippen LogP contribution in [0.4, 0.5) is 0 Å². The van der Waals surface area contributed by atoms with Crippen molar-refractivity contribution in [3.05, 3.63) is 33.7 Å². The number of nitrogens with one attached hydrogen (secondary N) is 1. The molecule has 16 heavy (non-hydrogen) atoms. The first-order valence-corrected chi connectivity index (χ1v) is 6.08. The molecule has 0 bridgehead atoms. The van der Waals surface area contributed by atoms with Gasteiger partial charge in [-0.2, -0.15) is 0 Å². The minimum Gasteiger partial charge on any atom is -0.349 e. The van der Waals surface area contributed by atoms with Crippen molar-refractivity contribution in [1.29, 1.82) is 0 Å². The van der Waals surface area contributed by atoms with E-state index >= 15 is 0 Å². The van der Waals surface area contributed by atoms with Crippen LogP contribution in [0.1, 0.15) is 30.7 Å². The van der Waals surface area contributed by atoms with Crippen LogP contribution < -0.4 is 10.7 Å². The number of hydrogen-bond acceptors (Lipinski definition) is 2. The molecule has 2 rings (SSSR count). The van der Waals surface area contributed by atoms with Gasteiger partial charge in [0.15, 0.2) is 5.43 Å². The highest BCUT2D eigenvalue weighted by Crippen LogP contribution is 2.11. The lowest BCUT2D eigenvalue weighted by Crippen LogP contribution is -2.24. The van der Waals surface area contributed by atoms with Crippen molar-refractivity contribution in [3.8, 4) is 0 Å². The molecule has 1 atom stereocenters. The van der Waals surface area contributed by atoms with E-state index in [9.17, 15) is 4.79 Å². The highest BCUT2D eigenvalue weighted by atomic mass is 16.1. The predicted octanol–water partition coefficient (Wildman–Crippen LogP) is 1.61. The molecule has 1 aliphatic heterocycles. The Labute approximate surface area is 96.5 Å². The smallest absolute Gasteiger partial charge is 0.182 e. The van der Waals surface area contributed by atoms with E-state index < -0.39 is 0 Å². The van der Waals surface area contributed by atoms with E-state index in [4.69, 9.17) is 0 Å². The Morgan fingerprint density at radius 2 is 2.06 bits per heavy atom. The van der Waals surface area contributed by atoms with Crippen LogP contribution in [-0.4, -0.2) is 17.2 Å². The van der Waals surface area contributed by atoms with Gasteiger partial charge in [-0.3, -0.25) is 4.79 Å². The summed E-state index contributed by atoms with van der Waals surface area (Å²) in [6, 6.07) is 4.10. The lowest BCUT2D eigenvalue weighted by Gasteiger charge is -2.16. The first kappa shape index (κ1) is 11.4. The van der Waals surface area contributed by atoms with Gasteiger partial charge in [0.05, 0.1) is 0 Å². The first-order chi connectivity index (χ1) is 7.66. The summed E-state index contributed by atoms with van der Waals surface area (Å²) in [6.07, 6.45) is 3.75. The van der Waals surface area contributed by atoms with E-state index in [1.807, 2.05) is 13.8 Å². The molecule has 0 saturated carbocycles. The zero-order valence-electron chi connectivity index (χ0n) is 10.1. The summed E-state index contributed by atoms with van der Waals surface area (Å²) >= 11 is 0. The Balaban J connectivity index is 2.05. The zero-order chi connectivity index (χ0) is 11.5. The van der Waals surface area contributed by atoms with Gasteiger partial charge in [-0.1, -0.05) is 0 Å². The molecule has 2 heterocycles. The van der Waals surface area contributed by atoms with Gasteiger partial charge >= 0.3 is 0 Å². The minimum atomic E-state index is 0.116. The predicted molar refractivity (Wildman–Crippen MR) is 65.8 cm³/mol. The fourth-order valence-electron chi connectivity index (χ4n) is 2.53. The van der Waals surface area contributed by atoms with Crippen molar-refractivity contribution in [1.82, 2.24) is 9.88 Å². The molecule has 1 aliphatic rings. The van der Waals surface area contributed by atoms with Gasteiger partial charge in [0.1, 0.15) is 0 Å². The van der Waals surface area contributed by atoms with Crippen LogP contribution in [0.3, 0.4) is 0 Å². The average Bonchev–Trinajstić information content (AvgIpc) is 2.68.